The van der Waals surface area contributed by atoms with E-state index in [9.17, 15) is 10.1 Å². The molecule has 1 saturated heterocycles. The Morgan fingerprint density at radius 3 is 2.82 bits per heavy atom. The fourth-order valence-electron chi connectivity index (χ4n) is 3.13. The van der Waals surface area contributed by atoms with Gasteiger partial charge in [-0.25, -0.2) is 0 Å². The number of nitrogens with zero attached hydrogens (tertiary/aromatic N) is 2. The van der Waals surface area contributed by atoms with E-state index in [1.54, 1.807) is 0 Å². The molecule has 2 unspecified atom stereocenters. The summed E-state index contributed by atoms with van der Waals surface area (Å²) in [6.45, 7) is 5.49. The van der Waals surface area contributed by atoms with Gasteiger partial charge in [-0.2, -0.15) is 5.26 Å². The predicted octanol–water partition coefficient (Wildman–Crippen LogP) is 1.28. The molecule has 1 aliphatic heterocycles. The van der Waals surface area contributed by atoms with Crippen LogP contribution in [0.4, 0.5) is 0 Å². The number of nitrogens with one attached hydrogen (secondary N) is 1. The normalized spacial score (nSPS) is 33.8. The second-order valence-corrected chi connectivity index (χ2v) is 5.60. The van der Waals surface area contributed by atoms with Crippen LogP contribution in [-0.2, 0) is 4.79 Å². The standard InChI is InChI=1S/C13H21N3O/c1-13(2)12(17)15-7-8-16(13)11-6-4-3-5-10(11)9-14/h10-11H,3-8H2,1-2H3,(H,15,17). The molecule has 2 aliphatic rings. The third-order valence-electron chi connectivity index (χ3n) is 4.21. The average Bonchev–Trinajstić information content (AvgIpc) is 2.33. The number of rotatable bonds is 1. The van der Waals surface area contributed by atoms with Gasteiger partial charge in [-0.15, -0.1) is 0 Å². The van der Waals surface area contributed by atoms with Crippen LogP contribution in [0.5, 0.6) is 0 Å². The zero-order valence-electron chi connectivity index (χ0n) is 10.7. The van der Waals surface area contributed by atoms with Crippen molar-refractivity contribution in [2.75, 3.05) is 13.1 Å². The third kappa shape index (κ3) is 2.16. The largest absolute Gasteiger partial charge is 0.353 e. The lowest BCUT2D eigenvalue weighted by molar-refractivity contribution is -0.138. The minimum atomic E-state index is -0.477. The molecule has 0 radical (unpaired) electrons. The van der Waals surface area contributed by atoms with E-state index in [4.69, 9.17) is 0 Å². The molecular formula is C13H21N3O. The number of nitriles is 1. The molecule has 2 atom stereocenters. The Morgan fingerprint density at radius 1 is 1.41 bits per heavy atom. The molecule has 4 nitrogen and oxygen atoms in total. The molecule has 0 aromatic rings. The highest BCUT2D eigenvalue weighted by Crippen LogP contribution is 2.33. The number of carbonyl (C=O) groups is 1. The molecule has 2 fully saturated rings. The molecule has 1 N–H and O–H groups in total. The molecule has 2 rings (SSSR count). The van der Waals surface area contributed by atoms with Crippen LogP contribution in [0.2, 0.25) is 0 Å². The summed E-state index contributed by atoms with van der Waals surface area (Å²) in [5.74, 6) is 0.180. The smallest absolute Gasteiger partial charge is 0.240 e. The summed E-state index contributed by atoms with van der Waals surface area (Å²) in [6.07, 6.45) is 4.36. The summed E-state index contributed by atoms with van der Waals surface area (Å²) >= 11 is 0. The Kier molecular flexibility index (Phi) is 3.39. The first kappa shape index (κ1) is 12.4. The van der Waals surface area contributed by atoms with Crippen LogP contribution in [-0.4, -0.2) is 35.5 Å². The molecule has 94 valence electrons. The van der Waals surface area contributed by atoms with Crippen LogP contribution in [0.3, 0.4) is 0 Å². The van der Waals surface area contributed by atoms with E-state index in [1.165, 1.54) is 6.42 Å². The van der Waals surface area contributed by atoms with Crippen molar-refractivity contribution in [2.24, 2.45) is 5.92 Å². The maximum absolute atomic E-state index is 11.9. The molecule has 0 spiro atoms. The number of amides is 1. The molecule has 4 heteroatoms. The van der Waals surface area contributed by atoms with Gasteiger partial charge in [0.25, 0.3) is 0 Å². The topological polar surface area (TPSA) is 56.1 Å². The van der Waals surface area contributed by atoms with Crippen molar-refractivity contribution in [1.29, 1.82) is 5.26 Å². The quantitative estimate of drug-likeness (QED) is 0.745. The fourth-order valence-corrected chi connectivity index (χ4v) is 3.13. The van der Waals surface area contributed by atoms with Crippen LogP contribution in [0.25, 0.3) is 0 Å². The van der Waals surface area contributed by atoms with E-state index in [2.05, 4.69) is 16.3 Å². The van der Waals surface area contributed by atoms with Crippen molar-refractivity contribution in [3.63, 3.8) is 0 Å². The van der Waals surface area contributed by atoms with E-state index in [0.29, 0.717) is 6.54 Å². The van der Waals surface area contributed by atoms with E-state index >= 15 is 0 Å². The first-order valence-corrected chi connectivity index (χ1v) is 6.52. The van der Waals surface area contributed by atoms with Crippen LogP contribution in [0.15, 0.2) is 0 Å². The summed E-state index contributed by atoms with van der Waals surface area (Å²) in [5.41, 5.74) is -0.477. The Balaban J connectivity index is 2.19. The van der Waals surface area contributed by atoms with Crippen molar-refractivity contribution < 1.29 is 4.79 Å². The van der Waals surface area contributed by atoms with Gasteiger partial charge in [-0.05, 0) is 26.7 Å². The zero-order chi connectivity index (χ0) is 12.5. The molecule has 0 aromatic carbocycles. The lowest BCUT2D eigenvalue weighted by Crippen LogP contribution is -2.65. The number of hydrogen-bond acceptors (Lipinski definition) is 3. The third-order valence-corrected chi connectivity index (χ3v) is 4.21. The van der Waals surface area contributed by atoms with Crippen LogP contribution < -0.4 is 5.32 Å². The molecule has 0 aromatic heterocycles. The van der Waals surface area contributed by atoms with Crippen LogP contribution >= 0.6 is 0 Å². The average molecular weight is 235 g/mol. The second kappa shape index (κ2) is 4.66. The maximum Gasteiger partial charge on any atom is 0.240 e. The number of hydrogen-bond donors (Lipinski definition) is 1. The van der Waals surface area contributed by atoms with Gasteiger partial charge in [0.2, 0.25) is 5.91 Å². The van der Waals surface area contributed by atoms with Gasteiger partial charge in [0.1, 0.15) is 0 Å². The summed E-state index contributed by atoms with van der Waals surface area (Å²) < 4.78 is 0. The van der Waals surface area contributed by atoms with Crippen molar-refractivity contribution in [3.05, 3.63) is 0 Å². The molecule has 1 saturated carbocycles. The highest BCUT2D eigenvalue weighted by atomic mass is 16.2. The lowest BCUT2D eigenvalue weighted by atomic mass is 9.81. The SMILES string of the molecule is CC1(C)C(=O)NCCN1C1CCCCC1C#N. The van der Waals surface area contributed by atoms with Gasteiger partial charge in [0.15, 0.2) is 0 Å². The lowest BCUT2D eigenvalue weighted by Gasteiger charge is -2.48. The summed E-state index contributed by atoms with van der Waals surface area (Å²) in [6, 6.07) is 2.69. The predicted molar refractivity (Wildman–Crippen MR) is 65.2 cm³/mol. The highest BCUT2D eigenvalue weighted by Gasteiger charge is 2.44. The van der Waals surface area contributed by atoms with Gasteiger partial charge in [0, 0.05) is 19.1 Å². The van der Waals surface area contributed by atoms with Crippen LogP contribution in [0.1, 0.15) is 39.5 Å². The Morgan fingerprint density at radius 2 is 2.12 bits per heavy atom. The molecule has 0 bridgehead atoms. The van der Waals surface area contributed by atoms with Gasteiger partial charge in [0.05, 0.1) is 17.5 Å². The summed E-state index contributed by atoms with van der Waals surface area (Å²) in [7, 11) is 0. The van der Waals surface area contributed by atoms with E-state index in [0.717, 1.165) is 25.8 Å². The zero-order valence-corrected chi connectivity index (χ0v) is 10.7. The van der Waals surface area contributed by atoms with E-state index < -0.39 is 5.54 Å². The first-order chi connectivity index (χ1) is 8.07. The summed E-state index contributed by atoms with van der Waals surface area (Å²) in [4.78, 5) is 14.2. The highest BCUT2D eigenvalue weighted by molar-refractivity contribution is 5.86. The number of carbonyl (C=O) groups excluding carboxylic acids is 1. The van der Waals surface area contributed by atoms with Crippen molar-refractivity contribution in [1.82, 2.24) is 10.2 Å². The van der Waals surface area contributed by atoms with Crippen molar-refractivity contribution in [2.45, 2.75) is 51.1 Å². The molecule has 1 aliphatic carbocycles. The minimum Gasteiger partial charge on any atom is -0.353 e. The molecule has 17 heavy (non-hydrogen) atoms. The second-order valence-electron chi connectivity index (χ2n) is 5.60. The van der Waals surface area contributed by atoms with Gasteiger partial charge >= 0.3 is 0 Å². The molecule has 1 heterocycles. The molecule has 1 amide bonds. The van der Waals surface area contributed by atoms with Gasteiger partial charge in [-0.1, -0.05) is 12.8 Å². The van der Waals surface area contributed by atoms with Crippen molar-refractivity contribution >= 4 is 5.91 Å². The van der Waals surface area contributed by atoms with E-state index in [1.807, 2.05) is 13.8 Å². The monoisotopic (exact) mass is 235 g/mol. The first-order valence-electron chi connectivity index (χ1n) is 6.52. The van der Waals surface area contributed by atoms with Gasteiger partial charge < -0.3 is 5.32 Å². The minimum absolute atomic E-state index is 0.0889. The molecular weight excluding hydrogens is 214 g/mol. The number of piperazine rings is 1. The summed E-state index contributed by atoms with van der Waals surface area (Å²) in [5, 5.41) is 12.2. The fraction of sp³-hybridized carbons (Fsp3) is 0.846. The Labute approximate surface area is 103 Å². The van der Waals surface area contributed by atoms with Crippen molar-refractivity contribution in [3.8, 4) is 6.07 Å². The van der Waals surface area contributed by atoms with Crippen LogP contribution in [0, 0.1) is 17.2 Å². The van der Waals surface area contributed by atoms with E-state index in [-0.39, 0.29) is 17.9 Å². The maximum atomic E-state index is 11.9. The Hall–Kier alpha value is -1.08. The Bertz CT molecular complexity index is 345. The van der Waals surface area contributed by atoms with Gasteiger partial charge in [-0.3, -0.25) is 9.69 Å².